The molecule has 0 radical (unpaired) electrons. The zero-order chi connectivity index (χ0) is 21.1. The first-order valence-corrected chi connectivity index (χ1v) is 10.3. The van der Waals surface area contributed by atoms with Crippen molar-refractivity contribution in [1.82, 2.24) is 15.1 Å². The Morgan fingerprint density at radius 3 is 2.87 bits per heavy atom. The predicted octanol–water partition coefficient (Wildman–Crippen LogP) is 2.14. The van der Waals surface area contributed by atoms with Crippen molar-refractivity contribution in [1.29, 1.82) is 0 Å². The van der Waals surface area contributed by atoms with Crippen LogP contribution in [-0.4, -0.2) is 51.5 Å². The largest absolute Gasteiger partial charge is 0.467 e. The van der Waals surface area contributed by atoms with Crippen LogP contribution in [0.3, 0.4) is 0 Å². The van der Waals surface area contributed by atoms with Gasteiger partial charge < -0.3 is 19.5 Å². The highest BCUT2D eigenvalue weighted by atomic mass is 16.3. The summed E-state index contributed by atoms with van der Waals surface area (Å²) >= 11 is 0. The second-order valence-corrected chi connectivity index (χ2v) is 8.17. The van der Waals surface area contributed by atoms with Gasteiger partial charge in [-0.1, -0.05) is 18.9 Å². The molecule has 3 aliphatic rings. The fourth-order valence-electron chi connectivity index (χ4n) is 4.32. The first-order chi connectivity index (χ1) is 14.5. The number of rotatable bonds is 6. The first kappa shape index (κ1) is 20.1. The van der Waals surface area contributed by atoms with Gasteiger partial charge in [0.1, 0.15) is 23.7 Å². The Bertz CT molecular complexity index is 912. The maximum atomic E-state index is 13.7. The van der Waals surface area contributed by atoms with Crippen LogP contribution < -0.4 is 5.32 Å². The second kappa shape index (κ2) is 8.30. The molecular formula is C22H26N4O4. The summed E-state index contributed by atoms with van der Waals surface area (Å²) in [4.78, 5) is 45.9. The average molecular weight is 410 g/mol. The second-order valence-electron chi connectivity index (χ2n) is 8.17. The van der Waals surface area contributed by atoms with Crippen LogP contribution in [0.1, 0.15) is 44.8 Å². The van der Waals surface area contributed by atoms with Crippen LogP contribution in [0.5, 0.6) is 0 Å². The van der Waals surface area contributed by atoms with Crippen LogP contribution in [0.2, 0.25) is 0 Å². The molecule has 0 bridgehead atoms. The molecule has 30 heavy (non-hydrogen) atoms. The maximum Gasteiger partial charge on any atom is 0.250 e. The third kappa shape index (κ3) is 4.08. The zero-order valence-electron chi connectivity index (χ0n) is 17.0. The molecule has 0 aromatic carbocycles. The Labute approximate surface area is 175 Å². The summed E-state index contributed by atoms with van der Waals surface area (Å²) in [6, 6.07) is 3.67. The van der Waals surface area contributed by atoms with Crippen LogP contribution in [0.4, 0.5) is 0 Å². The van der Waals surface area contributed by atoms with Crippen molar-refractivity contribution in [3.63, 3.8) is 0 Å². The van der Waals surface area contributed by atoms with E-state index >= 15 is 0 Å². The van der Waals surface area contributed by atoms with Crippen LogP contribution in [-0.2, 0) is 20.9 Å². The predicted molar refractivity (Wildman–Crippen MR) is 110 cm³/mol. The molecule has 8 nitrogen and oxygen atoms in total. The topological polar surface area (TPSA) is 95.2 Å². The number of carbonyl (C=O) groups excluding carboxylic acids is 3. The molecule has 0 saturated heterocycles. The van der Waals surface area contributed by atoms with Gasteiger partial charge in [-0.05, 0) is 44.1 Å². The van der Waals surface area contributed by atoms with E-state index < -0.39 is 5.54 Å². The van der Waals surface area contributed by atoms with Gasteiger partial charge in [0, 0.05) is 12.2 Å². The Balaban J connectivity index is 1.57. The molecule has 1 aromatic heterocycles. The van der Waals surface area contributed by atoms with E-state index in [-0.39, 0.29) is 43.3 Å². The lowest BCUT2D eigenvalue weighted by molar-refractivity contribution is -0.147. The molecule has 2 aliphatic heterocycles. The molecule has 4 rings (SSSR count). The van der Waals surface area contributed by atoms with Gasteiger partial charge >= 0.3 is 0 Å². The molecule has 158 valence electrons. The van der Waals surface area contributed by atoms with Gasteiger partial charge in [-0.3, -0.25) is 14.4 Å². The van der Waals surface area contributed by atoms with Gasteiger partial charge in [-0.2, -0.15) is 4.99 Å². The number of nitrogens with zero attached hydrogens (tertiary/aromatic N) is 3. The quantitative estimate of drug-likeness (QED) is 0.775. The fraction of sp³-hybridized carbons (Fsp3) is 0.455. The molecule has 0 spiro atoms. The average Bonchev–Trinajstić information content (AvgIpc) is 3.41. The lowest BCUT2D eigenvalue weighted by Gasteiger charge is -2.44. The van der Waals surface area contributed by atoms with Gasteiger partial charge in [0.2, 0.25) is 11.8 Å². The molecule has 1 atom stereocenters. The molecule has 3 amide bonds. The van der Waals surface area contributed by atoms with Gasteiger partial charge in [-0.25, -0.2) is 0 Å². The van der Waals surface area contributed by atoms with Crippen molar-refractivity contribution >= 4 is 23.6 Å². The summed E-state index contributed by atoms with van der Waals surface area (Å²) in [6.45, 7) is 1.77. The van der Waals surface area contributed by atoms with Crippen molar-refractivity contribution in [3.8, 4) is 0 Å². The smallest absolute Gasteiger partial charge is 0.250 e. The third-order valence-corrected chi connectivity index (χ3v) is 5.83. The number of fused-ring (bicyclic) bond motifs is 1. The van der Waals surface area contributed by atoms with E-state index in [0.29, 0.717) is 11.6 Å². The van der Waals surface area contributed by atoms with E-state index in [0.717, 1.165) is 25.7 Å². The standard InChI is InChI=1S/C22H26N4O4/c1-22(13-19(27)24-18-10-4-5-11-26(18)22)21(29)25(14-17-9-6-12-30-17)15-20(28)23-16-7-2-3-8-16/h4-6,9-12,16H,2-3,7-8,13-15H2,1H3,(H,23,28)/t22-/m1/s1. The van der Waals surface area contributed by atoms with E-state index in [1.165, 1.54) is 11.2 Å². The van der Waals surface area contributed by atoms with Gasteiger partial charge in [-0.15, -0.1) is 0 Å². The van der Waals surface area contributed by atoms with Gasteiger partial charge in [0.25, 0.3) is 5.91 Å². The summed E-state index contributed by atoms with van der Waals surface area (Å²) < 4.78 is 5.42. The summed E-state index contributed by atoms with van der Waals surface area (Å²) in [5, 5.41) is 3.03. The van der Waals surface area contributed by atoms with Crippen LogP contribution in [0, 0.1) is 0 Å². The van der Waals surface area contributed by atoms with Crippen molar-refractivity contribution in [3.05, 3.63) is 48.6 Å². The number of allylic oxidation sites excluding steroid dienone is 2. The summed E-state index contributed by atoms with van der Waals surface area (Å²) in [7, 11) is 0. The number of hydrogen-bond acceptors (Lipinski definition) is 5. The van der Waals surface area contributed by atoms with Gasteiger partial charge in [0.15, 0.2) is 0 Å². The minimum Gasteiger partial charge on any atom is -0.467 e. The molecule has 1 saturated carbocycles. The SMILES string of the molecule is C[C@]1(C(=O)N(CC(=O)NC2CCCC2)Cc2ccco2)CC(=O)N=C2C=CC=CN21. The fourth-order valence-corrected chi connectivity index (χ4v) is 4.32. The zero-order valence-corrected chi connectivity index (χ0v) is 17.0. The van der Waals surface area contributed by atoms with E-state index in [4.69, 9.17) is 4.42 Å². The molecule has 3 heterocycles. The summed E-state index contributed by atoms with van der Waals surface area (Å²) in [6.07, 6.45) is 12.6. The number of carbonyl (C=O) groups is 3. The van der Waals surface area contributed by atoms with Crippen molar-refractivity contribution in [2.75, 3.05) is 6.54 Å². The maximum absolute atomic E-state index is 13.7. The normalized spacial score (nSPS) is 23.3. The Hall–Kier alpha value is -3.16. The molecule has 1 aliphatic carbocycles. The summed E-state index contributed by atoms with van der Waals surface area (Å²) in [5.41, 5.74) is -1.17. The Morgan fingerprint density at radius 1 is 1.33 bits per heavy atom. The van der Waals surface area contributed by atoms with E-state index in [2.05, 4.69) is 10.3 Å². The van der Waals surface area contributed by atoms with Crippen LogP contribution in [0.25, 0.3) is 0 Å². The Morgan fingerprint density at radius 2 is 2.13 bits per heavy atom. The third-order valence-electron chi connectivity index (χ3n) is 5.83. The molecule has 1 N–H and O–H groups in total. The summed E-state index contributed by atoms with van der Waals surface area (Å²) in [5.74, 6) is 0.130. The van der Waals surface area contributed by atoms with Crippen LogP contribution in [0.15, 0.2) is 52.2 Å². The molecular weight excluding hydrogens is 384 g/mol. The number of nitrogens with one attached hydrogen (secondary N) is 1. The Kier molecular flexibility index (Phi) is 5.57. The molecule has 1 fully saturated rings. The first-order valence-electron chi connectivity index (χ1n) is 10.3. The lowest BCUT2D eigenvalue weighted by Crippen LogP contribution is -2.61. The molecule has 8 heteroatoms. The number of amides is 3. The molecule has 1 aromatic rings. The minimum absolute atomic E-state index is 0.0631. The number of aliphatic imine (C=N–C) groups is 1. The van der Waals surface area contributed by atoms with Crippen LogP contribution >= 0.6 is 0 Å². The highest BCUT2D eigenvalue weighted by Gasteiger charge is 2.47. The minimum atomic E-state index is -1.17. The molecule has 0 unspecified atom stereocenters. The number of amidine groups is 1. The van der Waals surface area contributed by atoms with Crippen molar-refractivity contribution in [2.45, 2.75) is 57.2 Å². The monoisotopic (exact) mass is 410 g/mol. The number of furan rings is 1. The van der Waals surface area contributed by atoms with E-state index in [1.54, 1.807) is 48.4 Å². The highest BCUT2D eigenvalue weighted by Crippen LogP contribution is 2.30. The van der Waals surface area contributed by atoms with Crippen molar-refractivity contribution < 1.29 is 18.8 Å². The van der Waals surface area contributed by atoms with E-state index in [1.807, 2.05) is 0 Å². The van der Waals surface area contributed by atoms with Gasteiger partial charge in [0.05, 0.1) is 19.2 Å². The van der Waals surface area contributed by atoms with Crippen molar-refractivity contribution in [2.24, 2.45) is 4.99 Å². The highest BCUT2D eigenvalue weighted by molar-refractivity contribution is 6.09. The van der Waals surface area contributed by atoms with E-state index in [9.17, 15) is 14.4 Å². The number of hydrogen-bond donors (Lipinski definition) is 1. The lowest BCUT2D eigenvalue weighted by atomic mass is 9.90.